The number of carbonyl (C=O) groups excluding carboxylic acids is 1. The van der Waals surface area contributed by atoms with Crippen molar-refractivity contribution >= 4 is 17.3 Å². The second-order valence-corrected chi connectivity index (χ2v) is 7.18. The van der Waals surface area contributed by atoms with Crippen LogP contribution in [0.5, 0.6) is 5.75 Å². The Morgan fingerprint density at radius 1 is 1.24 bits per heavy atom. The SMILES string of the molecule is CC(C)(C)C1CCC(C(=O)Nc2ccc(O)cc2N)CC1. The molecule has 1 aromatic rings. The first-order valence-corrected chi connectivity index (χ1v) is 7.66. The molecule has 1 aliphatic carbocycles. The topological polar surface area (TPSA) is 75.3 Å². The minimum atomic E-state index is 0.0414. The van der Waals surface area contributed by atoms with E-state index in [2.05, 4.69) is 26.1 Å². The van der Waals surface area contributed by atoms with E-state index in [0.717, 1.165) is 25.7 Å². The Hall–Kier alpha value is -1.71. The molecule has 4 nitrogen and oxygen atoms in total. The van der Waals surface area contributed by atoms with E-state index in [4.69, 9.17) is 5.73 Å². The molecule has 0 radical (unpaired) electrons. The van der Waals surface area contributed by atoms with Crippen molar-refractivity contribution in [1.29, 1.82) is 0 Å². The highest BCUT2D eigenvalue weighted by Gasteiger charge is 2.32. The average molecular weight is 290 g/mol. The van der Waals surface area contributed by atoms with Crippen LogP contribution in [0.3, 0.4) is 0 Å². The second-order valence-electron chi connectivity index (χ2n) is 7.18. The minimum Gasteiger partial charge on any atom is -0.508 e. The molecule has 4 heteroatoms. The lowest BCUT2D eigenvalue weighted by atomic mass is 9.69. The van der Waals surface area contributed by atoms with E-state index in [0.29, 0.717) is 22.7 Å². The number of carbonyl (C=O) groups is 1. The van der Waals surface area contributed by atoms with Crippen LogP contribution < -0.4 is 11.1 Å². The quantitative estimate of drug-likeness (QED) is 0.573. The molecule has 116 valence electrons. The smallest absolute Gasteiger partial charge is 0.227 e. The van der Waals surface area contributed by atoms with Gasteiger partial charge in [0.05, 0.1) is 11.4 Å². The van der Waals surface area contributed by atoms with E-state index in [-0.39, 0.29) is 17.6 Å². The highest BCUT2D eigenvalue weighted by atomic mass is 16.3. The van der Waals surface area contributed by atoms with Gasteiger partial charge in [0.1, 0.15) is 5.75 Å². The molecule has 0 aliphatic heterocycles. The van der Waals surface area contributed by atoms with Crippen molar-refractivity contribution in [3.05, 3.63) is 18.2 Å². The summed E-state index contributed by atoms with van der Waals surface area (Å²) in [6, 6.07) is 4.62. The first kappa shape index (κ1) is 15.7. The molecule has 1 aliphatic rings. The van der Waals surface area contributed by atoms with Gasteiger partial charge in [0, 0.05) is 12.0 Å². The number of hydrogen-bond acceptors (Lipinski definition) is 3. The van der Waals surface area contributed by atoms with Crippen LogP contribution in [0.2, 0.25) is 0 Å². The van der Waals surface area contributed by atoms with Crippen LogP contribution >= 0.6 is 0 Å². The summed E-state index contributed by atoms with van der Waals surface area (Å²) in [5.74, 6) is 0.910. The number of nitrogen functional groups attached to an aromatic ring is 1. The standard InChI is InChI=1S/C17H26N2O2/c1-17(2,3)12-6-4-11(5-7-12)16(21)19-15-9-8-13(20)10-14(15)18/h8-12,20H,4-7,18H2,1-3H3,(H,19,21). The number of amides is 1. The van der Waals surface area contributed by atoms with Crippen molar-refractivity contribution in [1.82, 2.24) is 0 Å². The predicted octanol–water partition coefficient (Wildman–Crippen LogP) is 3.77. The molecular weight excluding hydrogens is 264 g/mol. The number of hydrogen-bond donors (Lipinski definition) is 3. The highest BCUT2D eigenvalue weighted by Crippen LogP contribution is 2.40. The van der Waals surface area contributed by atoms with Gasteiger partial charge >= 0.3 is 0 Å². The van der Waals surface area contributed by atoms with Gasteiger partial charge in [-0.2, -0.15) is 0 Å². The van der Waals surface area contributed by atoms with Crippen molar-refractivity contribution in [2.75, 3.05) is 11.1 Å². The number of anilines is 2. The van der Waals surface area contributed by atoms with Crippen LogP contribution in [0.25, 0.3) is 0 Å². The molecule has 1 saturated carbocycles. The molecule has 0 aromatic heterocycles. The Morgan fingerprint density at radius 2 is 1.86 bits per heavy atom. The molecule has 0 bridgehead atoms. The molecule has 2 rings (SSSR count). The van der Waals surface area contributed by atoms with Crippen LogP contribution in [0.4, 0.5) is 11.4 Å². The van der Waals surface area contributed by atoms with E-state index in [1.165, 1.54) is 12.1 Å². The Kier molecular flexibility index (Phi) is 4.45. The zero-order valence-electron chi connectivity index (χ0n) is 13.1. The van der Waals surface area contributed by atoms with Gasteiger partial charge in [0.2, 0.25) is 5.91 Å². The molecule has 4 N–H and O–H groups in total. The van der Waals surface area contributed by atoms with Gasteiger partial charge in [-0.1, -0.05) is 20.8 Å². The van der Waals surface area contributed by atoms with Crippen molar-refractivity contribution in [3.63, 3.8) is 0 Å². The Balaban J connectivity index is 1.93. The van der Waals surface area contributed by atoms with Gasteiger partial charge < -0.3 is 16.2 Å². The third kappa shape index (κ3) is 3.90. The third-order valence-electron chi connectivity index (χ3n) is 4.62. The predicted molar refractivity (Wildman–Crippen MR) is 86.1 cm³/mol. The maximum Gasteiger partial charge on any atom is 0.227 e. The maximum atomic E-state index is 12.3. The summed E-state index contributed by atoms with van der Waals surface area (Å²) < 4.78 is 0. The number of nitrogens with two attached hydrogens (primary N) is 1. The Morgan fingerprint density at radius 3 is 2.38 bits per heavy atom. The molecule has 0 saturated heterocycles. The lowest BCUT2D eigenvalue weighted by Gasteiger charge is -2.36. The second kappa shape index (κ2) is 5.96. The normalized spacial score (nSPS) is 22.8. The summed E-state index contributed by atoms with van der Waals surface area (Å²) in [6.45, 7) is 6.82. The molecule has 21 heavy (non-hydrogen) atoms. The van der Waals surface area contributed by atoms with E-state index in [1.807, 2.05) is 0 Å². The monoisotopic (exact) mass is 290 g/mol. The maximum absolute atomic E-state index is 12.3. The Bertz CT molecular complexity index is 512. The van der Waals surface area contributed by atoms with Gasteiger partial charge in [-0.05, 0) is 49.1 Å². The molecule has 1 aromatic carbocycles. The van der Waals surface area contributed by atoms with E-state index in [1.54, 1.807) is 6.07 Å². The van der Waals surface area contributed by atoms with E-state index < -0.39 is 0 Å². The fourth-order valence-corrected chi connectivity index (χ4v) is 3.12. The van der Waals surface area contributed by atoms with Gasteiger partial charge in [0.15, 0.2) is 0 Å². The van der Waals surface area contributed by atoms with Gasteiger partial charge in [-0.25, -0.2) is 0 Å². The zero-order valence-corrected chi connectivity index (χ0v) is 13.1. The molecule has 0 atom stereocenters. The number of aromatic hydroxyl groups is 1. The first-order chi connectivity index (χ1) is 9.77. The van der Waals surface area contributed by atoms with Crippen LogP contribution in [0.15, 0.2) is 18.2 Å². The van der Waals surface area contributed by atoms with Crippen LogP contribution in [-0.4, -0.2) is 11.0 Å². The van der Waals surface area contributed by atoms with Gasteiger partial charge in [-0.3, -0.25) is 4.79 Å². The average Bonchev–Trinajstić information content (AvgIpc) is 2.41. The molecule has 0 spiro atoms. The molecule has 1 fully saturated rings. The highest BCUT2D eigenvalue weighted by molar-refractivity contribution is 5.95. The molecule has 0 unspecified atom stereocenters. The summed E-state index contributed by atoms with van der Waals surface area (Å²) in [5, 5.41) is 12.2. The number of phenolic OH excluding ortho intramolecular Hbond substituents is 1. The summed E-state index contributed by atoms with van der Waals surface area (Å²) in [7, 11) is 0. The first-order valence-electron chi connectivity index (χ1n) is 7.66. The number of benzene rings is 1. The van der Waals surface area contributed by atoms with Crippen molar-refractivity contribution in [3.8, 4) is 5.75 Å². The fraction of sp³-hybridized carbons (Fsp3) is 0.588. The van der Waals surface area contributed by atoms with Crippen molar-refractivity contribution in [2.24, 2.45) is 17.3 Å². The summed E-state index contributed by atoms with van der Waals surface area (Å²) >= 11 is 0. The fourth-order valence-electron chi connectivity index (χ4n) is 3.12. The molecule has 1 amide bonds. The lowest BCUT2D eigenvalue weighted by Crippen LogP contribution is -2.31. The van der Waals surface area contributed by atoms with Crippen molar-refractivity contribution < 1.29 is 9.90 Å². The van der Waals surface area contributed by atoms with E-state index in [9.17, 15) is 9.90 Å². The third-order valence-corrected chi connectivity index (χ3v) is 4.62. The van der Waals surface area contributed by atoms with Gasteiger partial charge in [-0.15, -0.1) is 0 Å². The molecule has 0 heterocycles. The largest absolute Gasteiger partial charge is 0.508 e. The summed E-state index contributed by atoms with van der Waals surface area (Å²) in [6.07, 6.45) is 4.08. The van der Waals surface area contributed by atoms with E-state index >= 15 is 0 Å². The van der Waals surface area contributed by atoms with Crippen LogP contribution in [0, 0.1) is 17.3 Å². The summed E-state index contributed by atoms with van der Waals surface area (Å²) in [5.41, 5.74) is 7.10. The number of rotatable bonds is 2. The number of phenols is 1. The summed E-state index contributed by atoms with van der Waals surface area (Å²) in [4.78, 5) is 12.3. The zero-order chi connectivity index (χ0) is 15.6. The minimum absolute atomic E-state index is 0.0414. The lowest BCUT2D eigenvalue weighted by molar-refractivity contribution is -0.121. The number of nitrogens with one attached hydrogen (secondary N) is 1. The van der Waals surface area contributed by atoms with Crippen LogP contribution in [0.1, 0.15) is 46.5 Å². The van der Waals surface area contributed by atoms with Crippen LogP contribution in [-0.2, 0) is 4.79 Å². The molecular formula is C17H26N2O2. The Labute approximate surface area is 126 Å². The van der Waals surface area contributed by atoms with Crippen molar-refractivity contribution in [2.45, 2.75) is 46.5 Å². The van der Waals surface area contributed by atoms with Gasteiger partial charge in [0.25, 0.3) is 0 Å².